The average molecular weight is 376 g/mol. The molecule has 1 N–H and O–H groups in total. The molecular weight excluding hydrogens is 356 g/mol. The normalized spacial score (nSPS) is 11.0. The zero-order valence-electron chi connectivity index (χ0n) is 15.9. The number of nitrogens with one attached hydrogen (secondary N) is 1. The van der Waals surface area contributed by atoms with Gasteiger partial charge in [0.25, 0.3) is 0 Å². The molecule has 2 aromatic carbocycles. The van der Waals surface area contributed by atoms with Gasteiger partial charge in [0.15, 0.2) is 0 Å². The fourth-order valence-electron chi connectivity index (χ4n) is 3.13. The van der Waals surface area contributed by atoms with Crippen molar-refractivity contribution in [3.05, 3.63) is 65.4 Å². The van der Waals surface area contributed by atoms with E-state index in [-0.39, 0.29) is 0 Å². The molecule has 0 bridgehead atoms. The van der Waals surface area contributed by atoms with Gasteiger partial charge in [-0.1, -0.05) is 25.1 Å². The van der Waals surface area contributed by atoms with E-state index in [1.165, 1.54) is 0 Å². The second-order valence-electron chi connectivity index (χ2n) is 6.33. The largest absolute Gasteiger partial charge is 0.497 e. The number of aromatic nitrogens is 4. The van der Waals surface area contributed by atoms with Crippen LogP contribution in [-0.2, 0) is 6.42 Å². The maximum Gasteiger partial charge on any atom is 0.345 e. The van der Waals surface area contributed by atoms with Crippen LogP contribution in [0.3, 0.4) is 0 Å². The molecule has 0 aliphatic rings. The smallest absolute Gasteiger partial charge is 0.345 e. The van der Waals surface area contributed by atoms with Gasteiger partial charge in [-0.05, 0) is 43.7 Å². The molecule has 142 valence electrons. The predicted molar refractivity (Wildman–Crippen MR) is 105 cm³/mol. The lowest BCUT2D eigenvalue weighted by molar-refractivity contribution is 0.0720. The first-order valence-corrected chi connectivity index (χ1v) is 9.00. The monoisotopic (exact) mass is 376 g/mol. The minimum atomic E-state index is -0.481. The maximum atomic E-state index is 12.8. The predicted octanol–water partition coefficient (Wildman–Crippen LogP) is 3.85. The number of hydrogen-bond donors (Lipinski definition) is 1. The van der Waals surface area contributed by atoms with E-state index in [0.717, 1.165) is 22.3 Å². The van der Waals surface area contributed by atoms with Crippen molar-refractivity contribution in [2.75, 3.05) is 7.11 Å². The summed E-state index contributed by atoms with van der Waals surface area (Å²) in [6.45, 7) is 3.89. The molecule has 4 rings (SSSR count). The number of ether oxygens (including phenoxy) is 2. The topological polar surface area (TPSA) is 82.0 Å². The number of para-hydroxylation sites is 2. The number of benzene rings is 2. The van der Waals surface area contributed by atoms with Crippen LogP contribution in [0.25, 0.3) is 17.0 Å². The molecule has 2 heterocycles. The van der Waals surface area contributed by atoms with Crippen molar-refractivity contribution in [2.45, 2.75) is 20.3 Å². The van der Waals surface area contributed by atoms with E-state index in [4.69, 9.17) is 9.47 Å². The summed E-state index contributed by atoms with van der Waals surface area (Å²) in [4.78, 5) is 20.6. The van der Waals surface area contributed by atoms with Crippen LogP contribution in [0, 0.1) is 6.92 Å². The number of esters is 1. The number of nitrogens with zero attached hydrogens (tertiary/aromatic N) is 3. The Bertz CT molecular complexity index is 1130. The molecule has 0 aliphatic heterocycles. The number of methoxy groups -OCH3 is 1. The Morgan fingerprint density at radius 3 is 2.75 bits per heavy atom. The van der Waals surface area contributed by atoms with Gasteiger partial charge >= 0.3 is 5.97 Å². The zero-order chi connectivity index (χ0) is 19.7. The summed E-state index contributed by atoms with van der Waals surface area (Å²) in [5, 5.41) is 4.55. The molecule has 0 aliphatic carbocycles. The standard InChI is InChI=1S/C21H20N4O3/c1-4-16-13(2)24-25(21-22-17-10-5-6-11-18(17)23-21)19(16)28-20(26)14-8-7-9-15(12-14)27-3/h5-12H,4H2,1-3H3,(H,22,23). The van der Waals surface area contributed by atoms with Crippen molar-refractivity contribution in [3.8, 4) is 17.6 Å². The quantitative estimate of drug-likeness (QED) is 0.535. The lowest BCUT2D eigenvalue weighted by atomic mass is 10.2. The van der Waals surface area contributed by atoms with E-state index in [2.05, 4.69) is 15.1 Å². The Kier molecular flexibility index (Phi) is 4.57. The van der Waals surface area contributed by atoms with Crippen molar-refractivity contribution >= 4 is 17.0 Å². The van der Waals surface area contributed by atoms with Crippen molar-refractivity contribution in [3.63, 3.8) is 0 Å². The molecule has 0 saturated carbocycles. The molecule has 0 spiro atoms. The number of carbonyl (C=O) groups is 1. The SMILES string of the molecule is CCc1c(C)nn(-c2nc3ccccc3[nH]2)c1OC(=O)c1cccc(OC)c1. The highest BCUT2D eigenvalue weighted by Crippen LogP contribution is 2.27. The van der Waals surface area contributed by atoms with Gasteiger partial charge in [0.2, 0.25) is 11.8 Å². The van der Waals surface area contributed by atoms with Gasteiger partial charge in [0.1, 0.15) is 5.75 Å². The number of imidazole rings is 1. The summed E-state index contributed by atoms with van der Waals surface area (Å²) < 4.78 is 12.5. The van der Waals surface area contributed by atoms with Crippen LogP contribution < -0.4 is 9.47 Å². The molecule has 7 nitrogen and oxygen atoms in total. The second kappa shape index (κ2) is 7.19. The van der Waals surface area contributed by atoms with E-state index in [1.54, 1.807) is 36.1 Å². The van der Waals surface area contributed by atoms with Crippen molar-refractivity contribution in [2.24, 2.45) is 0 Å². The van der Waals surface area contributed by atoms with E-state index >= 15 is 0 Å². The number of rotatable bonds is 5. The summed E-state index contributed by atoms with van der Waals surface area (Å²) >= 11 is 0. The first-order chi connectivity index (χ1) is 13.6. The maximum absolute atomic E-state index is 12.8. The van der Waals surface area contributed by atoms with Crippen LogP contribution in [-0.4, -0.2) is 32.8 Å². The highest BCUT2D eigenvalue weighted by molar-refractivity contribution is 5.91. The van der Waals surface area contributed by atoms with Crippen LogP contribution >= 0.6 is 0 Å². The van der Waals surface area contributed by atoms with Crippen LogP contribution in [0.15, 0.2) is 48.5 Å². The van der Waals surface area contributed by atoms with E-state index in [1.807, 2.05) is 38.1 Å². The Labute approximate surface area is 161 Å². The van der Waals surface area contributed by atoms with Crippen LogP contribution in [0.4, 0.5) is 0 Å². The minimum Gasteiger partial charge on any atom is -0.497 e. The molecule has 7 heteroatoms. The van der Waals surface area contributed by atoms with Gasteiger partial charge in [0, 0.05) is 5.56 Å². The number of aryl methyl sites for hydroxylation is 1. The first kappa shape index (κ1) is 17.8. The molecular formula is C21H20N4O3. The van der Waals surface area contributed by atoms with Crippen LogP contribution in [0.1, 0.15) is 28.5 Å². The second-order valence-corrected chi connectivity index (χ2v) is 6.33. The van der Waals surface area contributed by atoms with Crippen molar-refractivity contribution in [1.82, 2.24) is 19.7 Å². The van der Waals surface area contributed by atoms with Gasteiger partial charge in [0.05, 0.1) is 29.4 Å². The van der Waals surface area contributed by atoms with Crippen molar-refractivity contribution in [1.29, 1.82) is 0 Å². The van der Waals surface area contributed by atoms with Gasteiger partial charge < -0.3 is 14.5 Å². The van der Waals surface area contributed by atoms with Gasteiger partial charge in [-0.15, -0.1) is 0 Å². The molecule has 0 radical (unpaired) electrons. The highest BCUT2D eigenvalue weighted by Gasteiger charge is 2.22. The lowest BCUT2D eigenvalue weighted by Gasteiger charge is -2.08. The number of hydrogen-bond acceptors (Lipinski definition) is 5. The fraction of sp³-hybridized carbons (Fsp3) is 0.190. The molecule has 0 atom stereocenters. The lowest BCUT2D eigenvalue weighted by Crippen LogP contribution is -2.13. The zero-order valence-corrected chi connectivity index (χ0v) is 15.9. The molecule has 2 aromatic heterocycles. The van der Waals surface area contributed by atoms with Gasteiger partial charge in [-0.2, -0.15) is 9.78 Å². The highest BCUT2D eigenvalue weighted by atomic mass is 16.5. The number of H-pyrrole nitrogens is 1. The van der Waals surface area contributed by atoms with E-state index in [9.17, 15) is 4.79 Å². The third-order valence-corrected chi connectivity index (χ3v) is 4.56. The summed E-state index contributed by atoms with van der Waals surface area (Å²) in [6.07, 6.45) is 0.673. The Morgan fingerprint density at radius 1 is 1.18 bits per heavy atom. The van der Waals surface area contributed by atoms with Crippen LogP contribution in [0.2, 0.25) is 0 Å². The number of fused-ring (bicyclic) bond motifs is 1. The number of carbonyl (C=O) groups excluding carboxylic acids is 1. The Balaban J connectivity index is 1.76. The van der Waals surface area contributed by atoms with E-state index in [0.29, 0.717) is 29.6 Å². The molecule has 0 fully saturated rings. The average Bonchev–Trinajstić information content (AvgIpc) is 3.28. The summed E-state index contributed by atoms with van der Waals surface area (Å²) in [5.41, 5.74) is 3.74. The van der Waals surface area contributed by atoms with E-state index < -0.39 is 5.97 Å². The van der Waals surface area contributed by atoms with Gasteiger partial charge in [-0.25, -0.2) is 9.78 Å². The Hall–Kier alpha value is -3.61. The molecule has 0 amide bonds. The molecule has 0 saturated heterocycles. The minimum absolute atomic E-state index is 0.367. The molecule has 4 aromatic rings. The van der Waals surface area contributed by atoms with Crippen LogP contribution in [0.5, 0.6) is 11.6 Å². The molecule has 28 heavy (non-hydrogen) atoms. The Morgan fingerprint density at radius 2 is 2.00 bits per heavy atom. The first-order valence-electron chi connectivity index (χ1n) is 9.00. The third-order valence-electron chi connectivity index (χ3n) is 4.56. The van der Waals surface area contributed by atoms with Gasteiger partial charge in [-0.3, -0.25) is 0 Å². The summed E-state index contributed by atoms with van der Waals surface area (Å²) in [7, 11) is 1.56. The number of aromatic amines is 1. The van der Waals surface area contributed by atoms with Crippen molar-refractivity contribution < 1.29 is 14.3 Å². The summed E-state index contributed by atoms with van der Waals surface area (Å²) in [6, 6.07) is 14.5. The fourth-order valence-corrected chi connectivity index (χ4v) is 3.13. The molecule has 0 unspecified atom stereocenters. The third kappa shape index (κ3) is 3.11. The summed E-state index contributed by atoms with van der Waals surface area (Å²) in [5.74, 6) is 0.974.